The fraction of sp³-hybridized carbons (Fsp3) is 0.250. The third-order valence-electron chi connectivity index (χ3n) is 1.65. The van der Waals surface area contributed by atoms with Crippen LogP contribution in [0.15, 0.2) is 41.9 Å². The van der Waals surface area contributed by atoms with Crippen molar-refractivity contribution in [2.45, 2.75) is 20.0 Å². The normalized spacial score (nSPS) is 10.8. The lowest BCUT2D eigenvalue weighted by Gasteiger charge is -2.03. The zero-order valence-electron chi connectivity index (χ0n) is 8.60. The van der Waals surface area contributed by atoms with Crippen molar-refractivity contribution in [2.75, 3.05) is 0 Å². The summed E-state index contributed by atoms with van der Waals surface area (Å²) in [5.41, 5.74) is 1.72. The summed E-state index contributed by atoms with van der Waals surface area (Å²) in [6, 6.07) is 9.81. The highest BCUT2D eigenvalue weighted by Crippen LogP contribution is 2.11. The summed E-state index contributed by atoms with van der Waals surface area (Å²) in [4.78, 5) is 4.09. The minimum atomic E-state index is 0.155. The van der Waals surface area contributed by atoms with Gasteiger partial charge in [0, 0.05) is 0 Å². The fourth-order valence-corrected chi connectivity index (χ4v) is 0.921. The molecular formula is C12H15NO. The largest absolute Gasteiger partial charge is 0.481 e. The van der Waals surface area contributed by atoms with Crippen molar-refractivity contribution in [3.05, 3.63) is 42.5 Å². The Morgan fingerprint density at radius 3 is 2.57 bits per heavy atom. The zero-order valence-corrected chi connectivity index (χ0v) is 8.60. The van der Waals surface area contributed by atoms with Crippen LogP contribution in [0.1, 0.15) is 19.4 Å². The van der Waals surface area contributed by atoms with Crippen LogP contribution in [0.5, 0.6) is 0 Å². The minimum absolute atomic E-state index is 0.155. The Hall–Kier alpha value is -1.57. The quantitative estimate of drug-likeness (QED) is 0.526. The van der Waals surface area contributed by atoms with E-state index in [-0.39, 0.29) is 6.10 Å². The second-order valence-corrected chi connectivity index (χ2v) is 3.23. The molecule has 0 unspecified atom stereocenters. The molecule has 0 heterocycles. The third-order valence-corrected chi connectivity index (χ3v) is 1.65. The van der Waals surface area contributed by atoms with Crippen LogP contribution in [0.25, 0.3) is 5.70 Å². The number of aliphatic imine (C=N–C) groups is 1. The second kappa shape index (κ2) is 5.22. The number of benzene rings is 1. The van der Waals surface area contributed by atoms with E-state index in [1.807, 2.05) is 44.2 Å². The number of hydrogen-bond donors (Lipinski definition) is 0. The van der Waals surface area contributed by atoms with Crippen LogP contribution >= 0.6 is 0 Å². The van der Waals surface area contributed by atoms with Gasteiger partial charge >= 0.3 is 0 Å². The first-order valence-corrected chi connectivity index (χ1v) is 4.62. The molecule has 0 amide bonds. The smallest absolute Gasteiger partial charge is 0.174 e. The molecule has 0 N–H and O–H groups in total. The van der Waals surface area contributed by atoms with Crippen molar-refractivity contribution in [3.8, 4) is 0 Å². The van der Waals surface area contributed by atoms with E-state index in [4.69, 9.17) is 4.74 Å². The van der Waals surface area contributed by atoms with Gasteiger partial charge in [0.15, 0.2) is 6.40 Å². The Balaban J connectivity index is 2.55. The number of ether oxygens (including phenoxy) is 1. The van der Waals surface area contributed by atoms with Gasteiger partial charge in [0.2, 0.25) is 0 Å². The van der Waals surface area contributed by atoms with Crippen molar-refractivity contribution in [1.29, 1.82) is 0 Å². The predicted molar refractivity (Wildman–Crippen MR) is 60.2 cm³/mol. The molecule has 2 nitrogen and oxygen atoms in total. The number of rotatable bonds is 4. The summed E-state index contributed by atoms with van der Waals surface area (Å²) >= 11 is 0. The van der Waals surface area contributed by atoms with E-state index in [0.717, 1.165) is 5.56 Å². The van der Waals surface area contributed by atoms with Crippen molar-refractivity contribution < 1.29 is 4.74 Å². The summed E-state index contributed by atoms with van der Waals surface area (Å²) in [7, 11) is 0. The molecule has 0 saturated heterocycles. The Bertz CT molecular complexity index is 314. The molecule has 0 fully saturated rings. The van der Waals surface area contributed by atoms with Gasteiger partial charge in [-0.2, -0.15) is 0 Å². The molecule has 1 aromatic carbocycles. The maximum atomic E-state index is 5.18. The van der Waals surface area contributed by atoms with Crippen LogP contribution < -0.4 is 0 Å². The monoisotopic (exact) mass is 189 g/mol. The molecule has 74 valence electrons. The molecule has 0 aromatic heterocycles. The average Bonchev–Trinajstić information content (AvgIpc) is 2.18. The SMILES string of the molecule is C=C(N=COC(C)C)c1ccccc1. The summed E-state index contributed by atoms with van der Waals surface area (Å²) < 4.78 is 5.18. The maximum absolute atomic E-state index is 5.18. The van der Waals surface area contributed by atoms with Crippen LogP contribution in [0.3, 0.4) is 0 Å². The van der Waals surface area contributed by atoms with Gasteiger partial charge in [-0.05, 0) is 19.4 Å². The lowest BCUT2D eigenvalue weighted by Crippen LogP contribution is -1.99. The van der Waals surface area contributed by atoms with E-state index in [0.29, 0.717) is 5.70 Å². The topological polar surface area (TPSA) is 21.6 Å². The van der Waals surface area contributed by atoms with Crippen LogP contribution in [0, 0.1) is 0 Å². The van der Waals surface area contributed by atoms with E-state index < -0.39 is 0 Å². The van der Waals surface area contributed by atoms with Crippen molar-refractivity contribution >= 4 is 12.1 Å². The van der Waals surface area contributed by atoms with E-state index in [1.165, 1.54) is 6.40 Å². The maximum Gasteiger partial charge on any atom is 0.174 e. The minimum Gasteiger partial charge on any atom is -0.481 e. The number of hydrogen-bond acceptors (Lipinski definition) is 2. The molecule has 0 saturated carbocycles. The van der Waals surface area contributed by atoms with E-state index in [2.05, 4.69) is 11.6 Å². The summed E-state index contributed by atoms with van der Waals surface area (Å²) in [6.07, 6.45) is 1.60. The molecular weight excluding hydrogens is 174 g/mol. The molecule has 1 rings (SSSR count). The lowest BCUT2D eigenvalue weighted by atomic mass is 10.2. The van der Waals surface area contributed by atoms with Crippen LogP contribution in [0.2, 0.25) is 0 Å². The Labute approximate surface area is 84.9 Å². The Morgan fingerprint density at radius 1 is 1.36 bits per heavy atom. The molecule has 0 bridgehead atoms. The first kappa shape index (κ1) is 10.5. The highest BCUT2D eigenvalue weighted by molar-refractivity contribution is 5.69. The van der Waals surface area contributed by atoms with Crippen LogP contribution in [0.4, 0.5) is 0 Å². The molecule has 0 aliphatic rings. The van der Waals surface area contributed by atoms with Gasteiger partial charge in [-0.1, -0.05) is 36.9 Å². The van der Waals surface area contributed by atoms with Gasteiger partial charge < -0.3 is 4.74 Å². The zero-order chi connectivity index (χ0) is 10.4. The first-order chi connectivity index (χ1) is 6.70. The molecule has 0 radical (unpaired) electrons. The van der Waals surface area contributed by atoms with E-state index in [9.17, 15) is 0 Å². The standard InChI is InChI=1S/C12H15NO/c1-10(2)14-9-13-11(3)12-7-5-4-6-8-12/h4-10H,3H2,1-2H3. The molecule has 14 heavy (non-hydrogen) atoms. The number of nitrogens with zero attached hydrogens (tertiary/aromatic N) is 1. The Morgan fingerprint density at radius 2 is 2.00 bits per heavy atom. The fourth-order valence-electron chi connectivity index (χ4n) is 0.921. The Kier molecular flexibility index (Phi) is 3.92. The molecule has 0 atom stereocenters. The van der Waals surface area contributed by atoms with Crippen molar-refractivity contribution in [1.82, 2.24) is 0 Å². The lowest BCUT2D eigenvalue weighted by molar-refractivity contribution is 0.241. The van der Waals surface area contributed by atoms with Crippen molar-refractivity contribution in [3.63, 3.8) is 0 Å². The molecule has 1 aromatic rings. The van der Waals surface area contributed by atoms with Gasteiger partial charge in [-0.25, -0.2) is 4.99 Å². The van der Waals surface area contributed by atoms with Gasteiger partial charge in [-0.3, -0.25) is 0 Å². The highest BCUT2D eigenvalue weighted by atomic mass is 16.5. The van der Waals surface area contributed by atoms with Crippen LogP contribution in [-0.2, 0) is 4.74 Å². The first-order valence-electron chi connectivity index (χ1n) is 4.62. The highest BCUT2D eigenvalue weighted by Gasteiger charge is 1.93. The summed E-state index contributed by atoms with van der Waals surface area (Å²) in [5, 5.41) is 0. The van der Waals surface area contributed by atoms with Gasteiger partial charge in [-0.15, -0.1) is 0 Å². The molecule has 0 aliphatic heterocycles. The van der Waals surface area contributed by atoms with Gasteiger partial charge in [0.25, 0.3) is 0 Å². The van der Waals surface area contributed by atoms with Gasteiger partial charge in [0.1, 0.15) is 0 Å². The molecule has 0 aliphatic carbocycles. The van der Waals surface area contributed by atoms with Crippen LogP contribution in [-0.4, -0.2) is 12.5 Å². The predicted octanol–water partition coefficient (Wildman–Crippen LogP) is 3.11. The average molecular weight is 189 g/mol. The summed E-state index contributed by atoms with van der Waals surface area (Å²) in [6.45, 7) is 7.76. The van der Waals surface area contributed by atoms with E-state index >= 15 is 0 Å². The molecule has 2 heteroatoms. The van der Waals surface area contributed by atoms with E-state index in [1.54, 1.807) is 0 Å². The summed E-state index contributed by atoms with van der Waals surface area (Å²) in [5.74, 6) is 0. The third kappa shape index (κ3) is 3.44. The van der Waals surface area contributed by atoms with Crippen molar-refractivity contribution in [2.24, 2.45) is 4.99 Å². The second-order valence-electron chi connectivity index (χ2n) is 3.23. The van der Waals surface area contributed by atoms with Gasteiger partial charge in [0.05, 0.1) is 11.8 Å². The molecule has 0 spiro atoms.